The number of benzene rings is 1. The number of carbonyl (C=O) groups is 2. The summed E-state index contributed by atoms with van der Waals surface area (Å²) < 4.78 is 0. The zero-order chi connectivity index (χ0) is 16.9. The average Bonchev–Trinajstić information content (AvgIpc) is 3.16. The molecule has 3 rings (SSSR count). The summed E-state index contributed by atoms with van der Waals surface area (Å²) in [7, 11) is 0. The first kappa shape index (κ1) is 16.7. The molecule has 1 saturated heterocycles. The van der Waals surface area contributed by atoms with Crippen molar-refractivity contribution in [2.75, 3.05) is 26.2 Å². The molecular weight excluding hydrogens is 320 g/mol. The number of nitrogens with zero attached hydrogens (tertiary/aromatic N) is 2. The second kappa shape index (κ2) is 7.62. The van der Waals surface area contributed by atoms with E-state index >= 15 is 0 Å². The maximum atomic E-state index is 12.6. The molecule has 1 aromatic heterocycles. The number of rotatable bonds is 4. The lowest BCUT2D eigenvalue weighted by molar-refractivity contribution is -0.136. The van der Waals surface area contributed by atoms with Gasteiger partial charge in [0.25, 0.3) is 5.91 Å². The van der Waals surface area contributed by atoms with Crippen molar-refractivity contribution in [2.45, 2.75) is 13.3 Å². The normalized spacial score (nSPS) is 16.0. The first-order chi connectivity index (χ1) is 11.6. The van der Waals surface area contributed by atoms with E-state index in [0.717, 1.165) is 12.0 Å². The summed E-state index contributed by atoms with van der Waals surface area (Å²) >= 11 is 1.53. The van der Waals surface area contributed by atoms with Crippen LogP contribution in [0.5, 0.6) is 0 Å². The van der Waals surface area contributed by atoms with Crippen LogP contribution in [0, 0.1) is 5.92 Å². The van der Waals surface area contributed by atoms with E-state index in [4.69, 9.17) is 0 Å². The van der Waals surface area contributed by atoms with Crippen molar-refractivity contribution in [2.24, 2.45) is 5.92 Å². The quantitative estimate of drug-likeness (QED) is 0.857. The van der Waals surface area contributed by atoms with Crippen molar-refractivity contribution in [3.63, 3.8) is 0 Å². The number of carbonyl (C=O) groups excluding carboxylic acids is 2. The molecule has 0 unspecified atom stereocenters. The second-order valence-electron chi connectivity index (χ2n) is 6.22. The average molecular weight is 342 g/mol. The van der Waals surface area contributed by atoms with Crippen LogP contribution in [0.15, 0.2) is 47.2 Å². The Kier molecular flexibility index (Phi) is 5.30. The topological polar surface area (TPSA) is 40.6 Å². The first-order valence-corrected chi connectivity index (χ1v) is 9.23. The maximum absolute atomic E-state index is 12.6. The standard InChI is InChI=1S/C19H22N2O2S/c1-15(13-16-5-3-2-4-6-16)18(22)20-8-10-21(11-9-20)19(23)17-7-12-24-14-17/h2-7,12,14-15H,8-11,13H2,1H3/t15-/m1/s1. The zero-order valence-electron chi connectivity index (χ0n) is 13.9. The largest absolute Gasteiger partial charge is 0.339 e. The molecule has 1 aromatic carbocycles. The number of hydrogen-bond acceptors (Lipinski definition) is 3. The maximum Gasteiger partial charge on any atom is 0.254 e. The Labute approximate surface area is 146 Å². The molecule has 1 aliphatic heterocycles. The summed E-state index contributed by atoms with van der Waals surface area (Å²) in [5.74, 6) is 0.216. The predicted octanol–water partition coefficient (Wildman–Crippen LogP) is 2.91. The molecule has 126 valence electrons. The van der Waals surface area contributed by atoms with Crippen molar-refractivity contribution in [3.8, 4) is 0 Å². The molecule has 5 heteroatoms. The van der Waals surface area contributed by atoms with Gasteiger partial charge in [0.1, 0.15) is 0 Å². The van der Waals surface area contributed by atoms with Crippen molar-refractivity contribution < 1.29 is 9.59 Å². The number of piperazine rings is 1. The summed E-state index contributed by atoms with van der Waals surface area (Å²) in [4.78, 5) is 28.7. The van der Waals surface area contributed by atoms with Gasteiger partial charge in [-0.1, -0.05) is 37.3 Å². The summed E-state index contributed by atoms with van der Waals surface area (Å²) in [6.45, 7) is 4.44. The second-order valence-corrected chi connectivity index (χ2v) is 7.00. The summed E-state index contributed by atoms with van der Waals surface area (Å²) in [6.07, 6.45) is 0.758. The number of hydrogen-bond donors (Lipinski definition) is 0. The summed E-state index contributed by atoms with van der Waals surface area (Å²) in [5.41, 5.74) is 1.93. The molecule has 0 N–H and O–H groups in total. The van der Waals surface area contributed by atoms with Gasteiger partial charge in [0, 0.05) is 37.5 Å². The highest BCUT2D eigenvalue weighted by molar-refractivity contribution is 7.08. The lowest BCUT2D eigenvalue weighted by Crippen LogP contribution is -2.51. The van der Waals surface area contributed by atoms with E-state index in [0.29, 0.717) is 26.2 Å². The van der Waals surface area contributed by atoms with Crippen LogP contribution in [0.2, 0.25) is 0 Å². The molecule has 1 fully saturated rings. The van der Waals surface area contributed by atoms with Gasteiger partial charge in [-0.15, -0.1) is 0 Å². The van der Waals surface area contributed by atoms with Crippen LogP contribution in [0.1, 0.15) is 22.8 Å². The van der Waals surface area contributed by atoms with Gasteiger partial charge in [0.05, 0.1) is 5.56 Å². The van der Waals surface area contributed by atoms with Gasteiger partial charge in [0.2, 0.25) is 5.91 Å². The molecule has 24 heavy (non-hydrogen) atoms. The fourth-order valence-electron chi connectivity index (χ4n) is 3.07. The molecule has 0 aliphatic carbocycles. The number of amides is 2. The molecule has 2 heterocycles. The van der Waals surface area contributed by atoms with E-state index in [2.05, 4.69) is 12.1 Å². The minimum absolute atomic E-state index is 0.0356. The van der Waals surface area contributed by atoms with Crippen LogP contribution >= 0.6 is 11.3 Å². The fourth-order valence-corrected chi connectivity index (χ4v) is 3.70. The molecule has 0 bridgehead atoms. The summed E-state index contributed by atoms with van der Waals surface area (Å²) in [6, 6.07) is 12.0. The van der Waals surface area contributed by atoms with E-state index in [-0.39, 0.29) is 17.7 Å². The molecule has 0 saturated carbocycles. The Morgan fingerprint density at radius 3 is 2.33 bits per heavy atom. The van der Waals surface area contributed by atoms with Gasteiger partial charge in [0.15, 0.2) is 0 Å². The third kappa shape index (κ3) is 3.85. The van der Waals surface area contributed by atoms with Crippen molar-refractivity contribution in [3.05, 3.63) is 58.3 Å². The van der Waals surface area contributed by atoms with Crippen LogP contribution in [-0.4, -0.2) is 47.8 Å². The van der Waals surface area contributed by atoms with Gasteiger partial charge in [-0.2, -0.15) is 11.3 Å². The van der Waals surface area contributed by atoms with Crippen LogP contribution in [0.3, 0.4) is 0 Å². The molecular formula is C19H22N2O2S. The Morgan fingerprint density at radius 2 is 1.71 bits per heavy atom. The molecule has 1 aliphatic rings. The fraction of sp³-hybridized carbons (Fsp3) is 0.368. The van der Waals surface area contributed by atoms with E-state index in [1.807, 2.05) is 51.7 Å². The first-order valence-electron chi connectivity index (χ1n) is 8.29. The molecule has 2 amide bonds. The third-order valence-corrected chi connectivity index (χ3v) is 5.14. The molecule has 4 nitrogen and oxygen atoms in total. The van der Waals surface area contributed by atoms with Gasteiger partial charge in [-0.3, -0.25) is 9.59 Å². The van der Waals surface area contributed by atoms with Crippen molar-refractivity contribution in [1.29, 1.82) is 0 Å². The minimum Gasteiger partial charge on any atom is -0.339 e. The molecule has 0 radical (unpaired) electrons. The SMILES string of the molecule is C[C@H](Cc1ccccc1)C(=O)N1CCN(C(=O)c2ccsc2)CC1. The van der Waals surface area contributed by atoms with Gasteiger partial charge >= 0.3 is 0 Å². The zero-order valence-corrected chi connectivity index (χ0v) is 14.7. The molecule has 0 spiro atoms. The Bertz CT molecular complexity index is 677. The highest BCUT2D eigenvalue weighted by atomic mass is 32.1. The van der Waals surface area contributed by atoms with E-state index in [1.54, 1.807) is 0 Å². The van der Waals surface area contributed by atoms with E-state index in [9.17, 15) is 9.59 Å². The van der Waals surface area contributed by atoms with Crippen LogP contribution in [0.25, 0.3) is 0 Å². The Morgan fingerprint density at radius 1 is 1.04 bits per heavy atom. The lowest BCUT2D eigenvalue weighted by Gasteiger charge is -2.36. The van der Waals surface area contributed by atoms with E-state index < -0.39 is 0 Å². The molecule has 1 atom stereocenters. The summed E-state index contributed by atoms with van der Waals surface area (Å²) in [5, 5.41) is 3.79. The highest BCUT2D eigenvalue weighted by Gasteiger charge is 2.27. The minimum atomic E-state index is -0.0356. The van der Waals surface area contributed by atoms with Gasteiger partial charge in [-0.25, -0.2) is 0 Å². The van der Waals surface area contributed by atoms with Gasteiger partial charge < -0.3 is 9.80 Å². The lowest BCUT2D eigenvalue weighted by atomic mass is 9.99. The van der Waals surface area contributed by atoms with E-state index in [1.165, 1.54) is 16.9 Å². The van der Waals surface area contributed by atoms with Crippen LogP contribution < -0.4 is 0 Å². The van der Waals surface area contributed by atoms with Gasteiger partial charge in [-0.05, 0) is 23.4 Å². The Balaban J connectivity index is 1.52. The number of thiophene rings is 1. The van der Waals surface area contributed by atoms with Crippen LogP contribution in [0.4, 0.5) is 0 Å². The molecule has 2 aromatic rings. The third-order valence-electron chi connectivity index (χ3n) is 4.45. The smallest absolute Gasteiger partial charge is 0.254 e. The van der Waals surface area contributed by atoms with Crippen molar-refractivity contribution in [1.82, 2.24) is 9.80 Å². The van der Waals surface area contributed by atoms with Crippen molar-refractivity contribution >= 4 is 23.2 Å². The Hall–Kier alpha value is -2.14. The predicted molar refractivity (Wildman–Crippen MR) is 96.1 cm³/mol. The monoisotopic (exact) mass is 342 g/mol. The van der Waals surface area contributed by atoms with Crippen LogP contribution in [-0.2, 0) is 11.2 Å². The highest BCUT2D eigenvalue weighted by Crippen LogP contribution is 2.15.